The highest BCUT2D eigenvalue weighted by Crippen LogP contribution is 2.26. The first-order valence-electron chi connectivity index (χ1n) is 13.5. The van der Waals surface area contributed by atoms with E-state index in [9.17, 15) is 9.59 Å². The van der Waals surface area contributed by atoms with E-state index in [2.05, 4.69) is 25.7 Å². The van der Waals surface area contributed by atoms with Crippen molar-refractivity contribution in [3.05, 3.63) is 29.8 Å². The molecule has 1 saturated carbocycles. The first-order chi connectivity index (χ1) is 17.0. The van der Waals surface area contributed by atoms with Gasteiger partial charge in [0.05, 0.1) is 18.8 Å². The third-order valence-corrected chi connectivity index (χ3v) is 8.15. The minimum Gasteiger partial charge on any atom is -0.372 e. The molecule has 0 N–H and O–H groups in total. The minimum atomic E-state index is 0.0632. The number of rotatable bonds is 5. The van der Waals surface area contributed by atoms with Gasteiger partial charge in [-0.2, -0.15) is 0 Å². The fourth-order valence-corrected chi connectivity index (χ4v) is 5.91. The third kappa shape index (κ3) is 5.81. The lowest BCUT2D eigenvalue weighted by Gasteiger charge is -2.43. The van der Waals surface area contributed by atoms with Gasteiger partial charge in [-0.1, -0.05) is 12.5 Å². The van der Waals surface area contributed by atoms with Crippen LogP contribution in [0.15, 0.2) is 24.3 Å². The zero-order valence-electron chi connectivity index (χ0n) is 21.4. The maximum Gasteiger partial charge on any atom is 0.254 e. The molecule has 5 rings (SSSR count). The number of ether oxygens (including phenoxy) is 1. The third-order valence-electron chi connectivity index (χ3n) is 8.15. The molecule has 4 fully saturated rings. The Morgan fingerprint density at radius 2 is 1.57 bits per heavy atom. The predicted octanol–water partition coefficient (Wildman–Crippen LogP) is 1.75. The quantitative estimate of drug-likeness (QED) is 0.636. The highest BCUT2D eigenvalue weighted by molar-refractivity contribution is 5.95. The van der Waals surface area contributed by atoms with Crippen LogP contribution in [0.1, 0.15) is 43.5 Å². The van der Waals surface area contributed by atoms with Crippen molar-refractivity contribution < 1.29 is 14.3 Å². The maximum atomic E-state index is 13.1. The molecule has 0 radical (unpaired) electrons. The van der Waals surface area contributed by atoms with Crippen molar-refractivity contribution in [2.24, 2.45) is 0 Å². The fourth-order valence-electron chi connectivity index (χ4n) is 5.91. The molecule has 0 bridgehead atoms. The first-order valence-corrected chi connectivity index (χ1v) is 13.5. The first kappa shape index (κ1) is 24.5. The Balaban J connectivity index is 1.10. The van der Waals surface area contributed by atoms with E-state index in [-0.39, 0.29) is 24.0 Å². The Bertz CT molecular complexity index is 881. The number of hydrogen-bond acceptors (Lipinski definition) is 6. The summed E-state index contributed by atoms with van der Waals surface area (Å²) >= 11 is 0. The Morgan fingerprint density at radius 3 is 2.20 bits per heavy atom. The lowest BCUT2D eigenvalue weighted by atomic mass is 9.91. The topological polar surface area (TPSA) is 59.6 Å². The number of hydrogen-bond donors (Lipinski definition) is 0. The number of nitrogens with zero attached hydrogens (tertiary/aromatic N) is 5. The van der Waals surface area contributed by atoms with E-state index < -0.39 is 0 Å². The number of benzene rings is 1. The molecule has 0 spiro atoms. The zero-order chi connectivity index (χ0) is 24.4. The summed E-state index contributed by atoms with van der Waals surface area (Å²) in [5.74, 6) is 0.351. The van der Waals surface area contributed by atoms with E-state index in [4.69, 9.17) is 4.74 Å². The summed E-state index contributed by atoms with van der Waals surface area (Å²) in [5.41, 5.74) is 1.82. The van der Waals surface area contributed by atoms with Gasteiger partial charge in [0.1, 0.15) is 0 Å². The monoisotopic (exact) mass is 483 g/mol. The van der Waals surface area contributed by atoms with Crippen LogP contribution in [0, 0.1) is 0 Å². The van der Waals surface area contributed by atoms with Crippen LogP contribution in [0.4, 0.5) is 5.69 Å². The number of amides is 2. The van der Waals surface area contributed by atoms with Crippen LogP contribution >= 0.6 is 0 Å². The zero-order valence-corrected chi connectivity index (χ0v) is 21.4. The van der Waals surface area contributed by atoms with Crippen molar-refractivity contribution in [3.8, 4) is 0 Å². The number of carbonyl (C=O) groups is 2. The molecule has 35 heavy (non-hydrogen) atoms. The van der Waals surface area contributed by atoms with Crippen molar-refractivity contribution in [3.63, 3.8) is 0 Å². The second-order valence-electron chi connectivity index (χ2n) is 10.8. The summed E-state index contributed by atoms with van der Waals surface area (Å²) in [4.78, 5) is 37.2. The van der Waals surface area contributed by atoms with E-state index in [1.54, 1.807) is 0 Å². The molecule has 1 aliphatic carbocycles. The Morgan fingerprint density at radius 1 is 0.886 bits per heavy atom. The van der Waals surface area contributed by atoms with E-state index >= 15 is 0 Å². The van der Waals surface area contributed by atoms with Gasteiger partial charge in [-0.3, -0.25) is 19.4 Å². The molecule has 3 heterocycles. The van der Waals surface area contributed by atoms with Crippen molar-refractivity contribution >= 4 is 17.5 Å². The van der Waals surface area contributed by atoms with Gasteiger partial charge < -0.3 is 19.4 Å². The van der Waals surface area contributed by atoms with Crippen molar-refractivity contribution in [2.75, 3.05) is 76.9 Å². The normalized spacial score (nSPS) is 27.1. The van der Waals surface area contributed by atoms with Crippen LogP contribution in [-0.4, -0.2) is 122 Å². The molecule has 192 valence electrons. The van der Waals surface area contributed by atoms with Crippen LogP contribution in [0.5, 0.6) is 0 Å². The fraction of sp³-hybridized carbons (Fsp3) is 0.704. The summed E-state index contributed by atoms with van der Waals surface area (Å²) in [6.07, 6.45) is 4.16. The van der Waals surface area contributed by atoms with Crippen molar-refractivity contribution in [1.82, 2.24) is 19.6 Å². The molecule has 2 unspecified atom stereocenters. The standard InChI is InChI=1S/C27H41N5O3/c1-21-18-32(19-22(2)35-21)27(34)23-5-3-8-25(17-23)30-11-9-28(10-12-30)20-26(33)31-15-13-29(14-16-31)24-6-4-7-24/h3,5,8,17,21-22,24H,4,6-7,9-16,18-20H2,1-2H3. The van der Waals surface area contributed by atoms with E-state index in [0.29, 0.717) is 19.6 Å². The highest BCUT2D eigenvalue weighted by Gasteiger charge is 2.31. The summed E-state index contributed by atoms with van der Waals surface area (Å²) in [6.45, 7) is 13.1. The van der Waals surface area contributed by atoms with Gasteiger partial charge in [0, 0.05) is 82.7 Å². The molecule has 1 aromatic rings. The van der Waals surface area contributed by atoms with Crippen LogP contribution in [0.25, 0.3) is 0 Å². The van der Waals surface area contributed by atoms with E-state index in [1.807, 2.05) is 36.9 Å². The molecule has 0 aromatic heterocycles. The van der Waals surface area contributed by atoms with Gasteiger partial charge in [0.25, 0.3) is 5.91 Å². The highest BCUT2D eigenvalue weighted by atomic mass is 16.5. The Labute approximate surface area is 209 Å². The molecule has 4 aliphatic rings. The minimum absolute atomic E-state index is 0.0632. The molecule has 1 aromatic carbocycles. The van der Waals surface area contributed by atoms with Crippen LogP contribution in [0.2, 0.25) is 0 Å². The second-order valence-corrected chi connectivity index (χ2v) is 10.8. The molecule has 3 aliphatic heterocycles. The smallest absolute Gasteiger partial charge is 0.254 e. The Kier molecular flexibility index (Phi) is 7.60. The second kappa shape index (κ2) is 10.8. The largest absolute Gasteiger partial charge is 0.372 e. The summed E-state index contributed by atoms with van der Waals surface area (Å²) in [6, 6.07) is 8.78. The molecule has 8 nitrogen and oxygen atoms in total. The van der Waals surface area contributed by atoms with Gasteiger partial charge in [-0.15, -0.1) is 0 Å². The summed E-state index contributed by atoms with van der Waals surface area (Å²) < 4.78 is 5.78. The SMILES string of the molecule is CC1CN(C(=O)c2cccc(N3CCN(CC(=O)N4CCN(C5CCC5)CC4)CC3)c2)CC(C)O1. The number of carbonyl (C=O) groups excluding carboxylic acids is 2. The average Bonchev–Trinajstić information content (AvgIpc) is 2.83. The van der Waals surface area contributed by atoms with Gasteiger partial charge in [-0.05, 0) is 44.9 Å². The summed E-state index contributed by atoms with van der Waals surface area (Å²) in [7, 11) is 0. The molecule has 2 amide bonds. The lowest BCUT2D eigenvalue weighted by molar-refractivity contribution is -0.134. The lowest BCUT2D eigenvalue weighted by Crippen LogP contribution is -2.56. The van der Waals surface area contributed by atoms with Gasteiger partial charge >= 0.3 is 0 Å². The van der Waals surface area contributed by atoms with Gasteiger partial charge in [0.15, 0.2) is 0 Å². The van der Waals surface area contributed by atoms with Gasteiger partial charge in [-0.25, -0.2) is 0 Å². The Hall–Kier alpha value is -2.16. The summed E-state index contributed by atoms with van der Waals surface area (Å²) in [5, 5.41) is 0. The molecular formula is C27H41N5O3. The molecule has 8 heteroatoms. The maximum absolute atomic E-state index is 13.1. The van der Waals surface area contributed by atoms with Crippen molar-refractivity contribution in [1.29, 1.82) is 0 Å². The van der Waals surface area contributed by atoms with Crippen LogP contribution in [-0.2, 0) is 9.53 Å². The van der Waals surface area contributed by atoms with Crippen LogP contribution < -0.4 is 4.90 Å². The van der Waals surface area contributed by atoms with Gasteiger partial charge in [0.2, 0.25) is 5.91 Å². The van der Waals surface area contributed by atoms with Crippen molar-refractivity contribution in [2.45, 2.75) is 51.4 Å². The molecule has 3 saturated heterocycles. The number of piperazine rings is 2. The van der Waals surface area contributed by atoms with E-state index in [1.165, 1.54) is 19.3 Å². The average molecular weight is 484 g/mol. The predicted molar refractivity (Wildman–Crippen MR) is 137 cm³/mol. The number of morpholine rings is 1. The van der Waals surface area contributed by atoms with Crippen LogP contribution in [0.3, 0.4) is 0 Å². The number of anilines is 1. The van der Waals surface area contributed by atoms with E-state index in [0.717, 1.165) is 69.7 Å². The molecular weight excluding hydrogens is 442 g/mol. The molecule has 2 atom stereocenters.